The average molecular weight is 291 g/mol. The number of methoxy groups -OCH3 is 1. The van der Waals surface area contributed by atoms with Crippen LogP contribution in [0.2, 0.25) is 0 Å². The van der Waals surface area contributed by atoms with Crippen LogP contribution in [0, 0.1) is 5.82 Å². The third-order valence-corrected chi connectivity index (χ3v) is 4.08. The van der Waals surface area contributed by atoms with E-state index < -0.39 is 5.82 Å². The molecular formula is C15H18FN3O2. The highest BCUT2D eigenvalue weighted by Crippen LogP contribution is 2.31. The Morgan fingerprint density at radius 1 is 1.38 bits per heavy atom. The summed E-state index contributed by atoms with van der Waals surface area (Å²) in [5.74, 6) is 0.444. The van der Waals surface area contributed by atoms with Crippen LogP contribution in [0.1, 0.15) is 13.3 Å². The van der Waals surface area contributed by atoms with Gasteiger partial charge in [-0.1, -0.05) is 0 Å². The molecule has 21 heavy (non-hydrogen) atoms. The van der Waals surface area contributed by atoms with Gasteiger partial charge in [-0.2, -0.15) is 0 Å². The molecule has 1 aliphatic rings. The second-order valence-electron chi connectivity index (χ2n) is 5.22. The average Bonchev–Trinajstić information content (AvgIpc) is 2.93. The maximum atomic E-state index is 14.3. The third-order valence-electron chi connectivity index (χ3n) is 4.08. The zero-order valence-corrected chi connectivity index (χ0v) is 12.3. The van der Waals surface area contributed by atoms with E-state index in [9.17, 15) is 4.39 Å². The van der Waals surface area contributed by atoms with E-state index in [0.29, 0.717) is 11.2 Å². The first-order valence-electron chi connectivity index (χ1n) is 6.95. The van der Waals surface area contributed by atoms with Gasteiger partial charge in [0.2, 0.25) is 0 Å². The Labute approximate surface area is 122 Å². The summed E-state index contributed by atoms with van der Waals surface area (Å²) in [6.45, 7) is 2.78. The summed E-state index contributed by atoms with van der Waals surface area (Å²) in [7, 11) is 3.40. The van der Waals surface area contributed by atoms with Crippen molar-refractivity contribution in [1.82, 2.24) is 9.97 Å². The van der Waals surface area contributed by atoms with Gasteiger partial charge in [0.1, 0.15) is 17.7 Å². The van der Waals surface area contributed by atoms with E-state index in [0.717, 1.165) is 13.0 Å². The smallest absolute Gasteiger partial charge is 0.191 e. The number of rotatable bonds is 3. The fourth-order valence-electron chi connectivity index (χ4n) is 2.89. The lowest BCUT2D eigenvalue weighted by Gasteiger charge is -2.28. The second-order valence-corrected chi connectivity index (χ2v) is 5.22. The van der Waals surface area contributed by atoms with E-state index in [-0.39, 0.29) is 23.4 Å². The van der Waals surface area contributed by atoms with Crippen molar-refractivity contribution in [3.63, 3.8) is 0 Å². The zero-order chi connectivity index (χ0) is 15.0. The highest BCUT2D eigenvalue weighted by molar-refractivity contribution is 5.90. The number of likely N-dealkylation sites (N-methyl/N-ethyl adjacent to an activating group) is 1. The van der Waals surface area contributed by atoms with Gasteiger partial charge < -0.3 is 14.4 Å². The minimum atomic E-state index is -0.456. The van der Waals surface area contributed by atoms with Gasteiger partial charge in [0.25, 0.3) is 0 Å². The molecule has 0 amide bonds. The summed E-state index contributed by atoms with van der Waals surface area (Å²) < 4.78 is 24.9. The van der Waals surface area contributed by atoms with E-state index in [1.165, 1.54) is 13.4 Å². The molecule has 2 unspecified atom stereocenters. The fraction of sp³-hybridized carbons (Fsp3) is 0.467. The summed E-state index contributed by atoms with van der Waals surface area (Å²) in [5, 5.41) is 0.678. The normalized spacial score (nSPS) is 21.7. The summed E-state index contributed by atoms with van der Waals surface area (Å²) in [5.41, 5.74) is 0.276. The van der Waals surface area contributed by atoms with Gasteiger partial charge in [-0.15, -0.1) is 0 Å². The van der Waals surface area contributed by atoms with Gasteiger partial charge in [0, 0.05) is 19.0 Å². The van der Waals surface area contributed by atoms with Crippen LogP contribution >= 0.6 is 0 Å². The molecule has 3 rings (SSSR count). The Hall–Kier alpha value is -1.95. The van der Waals surface area contributed by atoms with E-state index >= 15 is 0 Å². The van der Waals surface area contributed by atoms with Gasteiger partial charge >= 0.3 is 0 Å². The van der Waals surface area contributed by atoms with Crippen LogP contribution in [0.25, 0.3) is 10.9 Å². The number of anilines is 1. The Balaban J connectivity index is 2.09. The van der Waals surface area contributed by atoms with E-state index in [2.05, 4.69) is 9.97 Å². The highest BCUT2D eigenvalue weighted by Gasteiger charge is 2.29. The predicted octanol–water partition coefficient (Wildman–Crippen LogP) is 2.39. The number of benzene rings is 1. The Morgan fingerprint density at radius 3 is 2.86 bits per heavy atom. The van der Waals surface area contributed by atoms with Gasteiger partial charge in [0.05, 0.1) is 19.3 Å². The van der Waals surface area contributed by atoms with Crippen molar-refractivity contribution in [2.75, 3.05) is 25.7 Å². The maximum absolute atomic E-state index is 14.3. The van der Waals surface area contributed by atoms with Crippen LogP contribution in [-0.4, -0.2) is 42.9 Å². The molecule has 5 nitrogen and oxygen atoms in total. The van der Waals surface area contributed by atoms with Crippen LogP contribution in [0.4, 0.5) is 10.2 Å². The SMILES string of the molecule is COc1ccc2c(N(C)C3CCOC3C)ncnc2c1F. The monoisotopic (exact) mass is 291 g/mol. The van der Waals surface area contributed by atoms with E-state index in [1.807, 2.05) is 18.9 Å². The van der Waals surface area contributed by atoms with Gasteiger partial charge in [-0.05, 0) is 25.5 Å². The molecule has 1 saturated heterocycles. The largest absolute Gasteiger partial charge is 0.494 e. The standard InChI is InChI=1S/C15H18FN3O2/c1-9-11(6-7-21-9)19(2)15-10-4-5-12(20-3)13(16)14(10)17-8-18-15/h4-5,8-9,11H,6-7H2,1-3H3. The maximum Gasteiger partial charge on any atom is 0.191 e. The Bertz CT molecular complexity index is 665. The molecule has 0 bridgehead atoms. The number of nitrogens with zero attached hydrogens (tertiary/aromatic N) is 3. The Morgan fingerprint density at radius 2 is 2.19 bits per heavy atom. The van der Waals surface area contributed by atoms with Crippen molar-refractivity contribution < 1.29 is 13.9 Å². The first-order valence-corrected chi connectivity index (χ1v) is 6.95. The molecule has 2 atom stereocenters. The van der Waals surface area contributed by atoms with Crippen LogP contribution in [-0.2, 0) is 4.74 Å². The van der Waals surface area contributed by atoms with Crippen molar-refractivity contribution >= 4 is 16.7 Å². The molecule has 1 aromatic heterocycles. The van der Waals surface area contributed by atoms with Crippen molar-refractivity contribution in [3.8, 4) is 5.75 Å². The molecule has 0 radical (unpaired) electrons. The van der Waals surface area contributed by atoms with Crippen LogP contribution in [0.15, 0.2) is 18.5 Å². The summed E-state index contributed by atoms with van der Waals surface area (Å²) in [6.07, 6.45) is 2.45. The second kappa shape index (κ2) is 5.44. The lowest BCUT2D eigenvalue weighted by atomic mass is 10.1. The lowest BCUT2D eigenvalue weighted by Crippen LogP contribution is -2.37. The molecule has 1 aromatic carbocycles. The molecule has 1 aliphatic heterocycles. The molecule has 0 N–H and O–H groups in total. The van der Waals surface area contributed by atoms with Crippen molar-refractivity contribution in [1.29, 1.82) is 0 Å². The van der Waals surface area contributed by atoms with Crippen LogP contribution in [0.5, 0.6) is 5.75 Å². The topological polar surface area (TPSA) is 47.5 Å². The van der Waals surface area contributed by atoms with Gasteiger partial charge in [0.15, 0.2) is 11.6 Å². The number of aromatic nitrogens is 2. The van der Waals surface area contributed by atoms with Crippen molar-refractivity contribution in [3.05, 3.63) is 24.3 Å². The quantitative estimate of drug-likeness (QED) is 0.869. The van der Waals surface area contributed by atoms with Crippen molar-refractivity contribution in [2.45, 2.75) is 25.5 Å². The predicted molar refractivity (Wildman–Crippen MR) is 78.3 cm³/mol. The minimum Gasteiger partial charge on any atom is -0.494 e. The fourth-order valence-corrected chi connectivity index (χ4v) is 2.89. The molecule has 2 aromatic rings. The van der Waals surface area contributed by atoms with E-state index in [4.69, 9.17) is 9.47 Å². The minimum absolute atomic E-state index is 0.128. The summed E-state index contributed by atoms with van der Waals surface area (Å²) in [4.78, 5) is 10.4. The number of ether oxygens (including phenoxy) is 2. The summed E-state index contributed by atoms with van der Waals surface area (Å²) >= 11 is 0. The van der Waals surface area contributed by atoms with Crippen LogP contribution in [0.3, 0.4) is 0 Å². The lowest BCUT2D eigenvalue weighted by molar-refractivity contribution is 0.118. The highest BCUT2D eigenvalue weighted by atomic mass is 19.1. The Kier molecular flexibility index (Phi) is 3.63. The van der Waals surface area contributed by atoms with Gasteiger partial charge in [-0.25, -0.2) is 14.4 Å². The van der Waals surface area contributed by atoms with Crippen molar-refractivity contribution in [2.24, 2.45) is 0 Å². The first-order chi connectivity index (χ1) is 10.1. The molecule has 1 fully saturated rings. The molecule has 2 heterocycles. The number of hydrogen-bond acceptors (Lipinski definition) is 5. The number of hydrogen-bond donors (Lipinski definition) is 0. The third kappa shape index (κ3) is 2.29. The van der Waals surface area contributed by atoms with Crippen LogP contribution < -0.4 is 9.64 Å². The summed E-state index contributed by atoms with van der Waals surface area (Å²) in [6, 6.07) is 3.63. The molecular weight excluding hydrogens is 273 g/mol. The van der Waals surface area contributed by atoms with Gasteiger partial charge in [-0.3, -0.25) is 0 Å². The molecule has 6 heteroatoms. The molecule has 0 aliphatic carbocycles. The molecule has 0 spiro atoms. The van der Waals surface area contributed by atoms with E-state index in [1.54, 1.807) is 12.1 Å². The molecule has 112 valence electrons. The first kappa shape index (κ1) is 14.0. The number of fused-ring (bicyclic) bond motifs is 1. The zero-order valence-electron chi connectivity index (χ0n) is 12.3. The number of halogens is 1. The molecule has 0 saturated carbocycles.